The molecule has 1 aromatic carbocycles. The Hall–Kier alpha value is -3.68. The van der Waals surface area contributed by atoms with Crippen LogP contribution in [-0.4, -0.2) is 44.8 Å². The molecule has 1 unspecified atom stereocenters. The first-order valence-electron chi connectivity index (χ1n) is 10.5. The van der Waals surface area contributed by atoms with E-state index in [-0.39, 0.29) is 30.0 Å². The van der Waals surface area contributed by atoms with E-state index in [2.05, 4.69) is 20.3 Å². The fraction of sp³-hybridized carbons (Fsp3) is 0.292. The average Bonchev–Trinajstić information content (AvgIpc) is 3.28. The zero-order valence-electron chi connectivity index (χ0n) is 18.0. The number of likely N-dealkylation sites (tertiary alicyclic amines) is 1. The number of benzene rings is 1. The molecule has 4 rings (SSSR count). The zero-order chi connectivity index (χ0) is 22.7. The molecule has 1 fully saturated rings. The maximum atomic E-state index is 13.0. The van der Waals surface area contributed by atoms with Crippen LogP contribution in [-0.2, 0) is 11.2 Å². The number of carbonyl (C=O) groups excluding carboxylic acids is 2. The number of carbonyl (C=O) groups is 2. The van der Waals surface area contributed by atoms with Gasteiger partial charge < -0.3 is 10.2 Å². The molecule has 8 heteroatoms. The van der Waals surface area contributed by atoms with Crippen molar-refractivity contribution in [3.05, 3.63) is 82.9 Å². The Morgan fingerprint density at radius 1 is 1.09 bits per heavy atom. The van der Waals surface area contributed by atoms with Crippen LogP contribution in [0.5, 0.6) is 0 Å². The highest BCUT2D eigenvalue weighted by Crippen LogP contribution is 2.27. The highest BCUT2D eigenvalue weighted by Gasteiger charge is 2.30. The molecule has 2 aromatic heterocycles. The number of aromatic nitrogens is 3. The molecule has 1 N–H and O–H groups in total. The minimum atomic E-state index is -0.356. The summed E-state index contributed by atoms with van der Waals surface area (Å²) >= 11 is 0. The zero-order valence-corrected chi connectivity index (χ0v) is 18.0. The molecule has 1 aliphatic heterocycles. The summed E-state index contributed by atoms with van der Waals surface area (Å²) in [7, 11) is 0. The van der Waals surface area contributed by atoms with Crippen LogP contribution in [0.25, 0.3) is 0 Å². The molecular weight excluding hydrogens is 409 g/mol. The van der Waals surface area contributed by atoms with E-state index < -0.39 is 0 Å². The smallest absolute Gasteiger partial charge is 0.272 e. The van der Waals surface area contributed by atoms with Gasteiger partial charge in [0.15, 0.2) is 0 Å². The second-order valence-corrected chi connectivity index (χ2v) is 7.91. The first-order chi connectivity index (χ1) is 15.4. The van der Waals surface area contributed by atoms with E-state index in [1.807, 2.05) is 13.8 Å². The second kappa shape index (κ2) is 9.21. The molecule has 32 heavy (non-hydrogen) atoms. The standard InChI is InChI=1S/C24H24FN5O2/c1-15-20(13-22(31)29-19-8-6-18(25)7-9-19)16(2)28-23(27-15)17-10-12-30(14-17)24(32)21-5-3-4-11-26-21/h3-9,11,17H,10,12-14H2,1-2H3,(H,29,31). The summed E-state index contributed by atoms with van der Waals surface area (Å²) in [5.74, 6) is 0.0786. The van der Waals surface area contributed by atoms with Gasteiger partial charge in [-0.05, 0) is 56.7 Å². The number of aryl methyl sites for hydroxylation is 2. The predicted octanol–water partition coefficient (Wildman–Crippen LogP) is 3.44. The Kier molecular flexibility index (Phi) is 6.20. The fourth-order valence-corrected chi connectivity index (χ4v) is 3.91. The van der Waals surface area contributed by atoms with Crippen LogP contribution in [0.3, 0.4) is 0 Å². The van der Waals surface area contributed by atoms with Crippen LogP contribution in [0.15, 0.2) is 48.7 Å². The van der Waals surface area contributed by atoms with Gasteiger partial charge in [0.2, 0.25) is 5.91 Å². The van der Waals surface area contributed by atoms with E-state index in [1.165, 1.54) is 24.3 Å². The molecule has 1 aliphatic rings. The maximum absolute atomic E-state index is 13.0. The van der Waals surface area contributed by atoms with Gasteiger partial charge in [0.25, 0.3) is 5.91 Å². The van der Waals surface area contributed by atoms with Crippen LogP contribution in [0.4, 0.5) is 10.1 Å². The van der Waals surface area contributed by atoms with E-state index in [0.717, 1.165) is 23.4 Å². The molecule has 0 aliphatic carbocycles. The van der Waals surface area contributed by atoms with Crippen molar-refractivity contribution in [2.24, 2.45) is 0 Å². The summed E-state index contributed by atoms with van der Waals surface area (Å²) < 4.78 is 13.0. The number of anilines is 1. The number of hydrogen-bond donors (Lipinski definition) is 1. The average molecular weight is 433 g/mol. The number of amides is 2. The van der Waals surface area contributed by atoms with Crippen LogP contribution in [0, 0.1) is 19.7 Å². The number of hydrogen-bond acceptors (Lipinski definition) is 5. The largest absolute Gasteiger partial charge is 0.337 e. The van der Waals surface area contributed by atoms with Gasteiger partial charge in [-0.15, -0.1) is 0 Å². The van der Waals surface area contributed by atoms with Crippen molar-refractivity contribution in [1.29, 1.82) is 0 Å². The Bertz CT molecular complexity index is 1110. The van der Waals surface area contributed by atoms with Crippen molar-refractivity contribution in [3.63, 3.8) is 0 Å². The van der Waals surface area contributed by atoms with Crippen molar-refractivity contribution in [2.45, 2.75) is 32.6 Å². The molecule has 3 heterocycles. The minimum Gasteiger partial charge on any atom is -0.337 e. The molecule has 0 spiro atoms. The Balaban J connectivity index is 1.43. The van der Waals surface area contributed by atoms with Gasteiger partial charge in [-0.1, -0.05) is 6.07 Å². The number of halogens is 1. The first-order valence-corrected chi connectivity index (χ1v) is 10.5. The second-order valence-electron chi connectivity index (χ2n) is 7.91. The highest BCUT2D eigenvalue weighted by atomic mass is 19.1. The lowest BCUT2D eigenvalue weighted by Crippen LogP contribution is -2.29. The van der Waals surface area contributed by atoms with Crippen molar-refractivity contribution in [3.8, 4) is 0 Å². The van der Waals surface area contributed by atoms with E-state index in [9.17, 15) is 14.0 Å². The van der Waals surface area contributed by atoms with Gasteiger partial charge >= 0.3 is 0 Å². The topological polar surface area (TPSA) is 88.1 Å². The molecule has 0 saturated carbocycles. The van der Waals surface area contributed by atoms with E-state index in [1.54, 1.807) is 29.3 Å². The van der Waals surface area contributed by atoms with Gasteiger partial charge in [-0.25, -0.2) is 14.4 Å². The first kappa shape index (κ1) is 21.5. The Labute approximate surface area is 185 Å². The molecular formula is C24H24FN5O2. The number of nitrogens with zero attached hydrogens (tertiary/aromatic N) is 4. The summed E-state index contributed by atoms with van der Waals surface area (Å²) in [6, 6.07) is 10.9. The van der Waals surface area contributed by atoms with E-state index in [4.69, 9.17) is 0 Å². The third-order valence-corrected chi connectivity index (χ3v) is 5.63. The molecule has 164 valence electrons. The van der Waals surface area contributed by atoms with Gasteiger partial charge in [-0.3, -0.25) is 14.6 Å². The SMILES string of the molecule is Cc1nc(C2CCN(C(=O)c3ccccn3)C2)nc(C)c1CC(=O)Nc1ccc(F)cc1. The summed E-state index contributed by atoms with van der Waals surface area (Å²) in [5.41, 5.74) is 3.23. The third kappa shape index (κ3) is 4.80. The van der Waals surface area contributed by atoms with Crippen molar-refractivity contribution < 1.29 is 14.0 Å². The third-order valence-electron chi connectivity index (χ3n) is 5.63. The van der Waals surface area contributed by atoms with Crippen LogP contribution in [0.1, 0.15) is 45.6 Å². The van der Waals surface area contributed by atoms with Crippen molar-refractivity contribution >= 4 is 17.5 Å². The monoisotopic (exact) mass is 433 g/mol. The lowest BCUT2D eigenvalue weighted by Gasteiger charge is -2.17. The van der Waals surface area contributed by atoms with Crippen molar-refractivity contribution in [1.82, 2.24) is 19.9 Å². The van der Waals surface area contributed by atoms with Crippen LogP contribution in [0.2, 0.25) is 0 Å². The lowest BCUT2D eigenvalue weighted by atomic mass is 10.0. The number of pyridine rings is 1. The Morgan fingerprint density at radius 3 is 2.47 bits per heavy atom. The van der Waals surface area contributed by atoms with Gasteiger partial charge in [0, 0.05) is 47.8 Å². The maximum Gasteiger partial charge on any atom is 0.272 e. The van der Waals surface area contributed by atoms with Crippen LogP contribution < -0.4 is 5.32 Å². The lowest BCUT2D eigenvalue weighted by molar-refractivity contribution is -0.115. The highest BCUT2D eigenvalue weighted by molar-refractivity contribution is 5.93. The van der Waals surface area contributed by atoms with Gasteiger partial charge in [-0.2, -0.15) is 0 Å². The van der Waals surface area contributed by atoms with E-state index >= 15 is 0 Å². The number of rotatable bonds is 5. The predicted molar refractivity (Wildman–Crippen MR) is 118 cm³/mol. The normalized spacial score (nSPS) is 15.6. The van der Waals surface area contributed by atoms with Gasteiger partial charge in [0.1, 0.15) is 17.3 Å². The van der Waals surface area contributed by atoms with Crippen molar-refractivity contribution in [2.75, 3.05) is 18.4 Å². The van der Waals surface area contributed by atoms with E-state index in [0.29, 0.717) is 30.3 Å². The summed E-state index contributed by atoms with van der Waals surface area (Å²) in [4.78, 5) is 40.4. The quantitative estimate of drug-likeness (QED) is 0.666. The van der Waals surface area contributed by atoms with Gasteiger partial charge in [0.05, 0.1) is 6.42 Å². The molecule has 0 radical (unpaired) electrons. The fourth-order valence-electron chi connectivity index (χ4n) is 3.91. The van der Waals surface area contributed by atoms with Crippen LogP contribution >= 0.6 is 0 Å². The molecule has 1 saturated heterocycles. The molecule has 2 amide bonds. The minimum absolute atomic E-state index is 0.0437. The summed E-state index contributed by atoms with van der Waals surface area (Å²) in [6.07, 6.45) is 2.52. The molecule has 3 aromatic rings. The summed E-state index contributed by atoms with van der Waals surface area (Å²) in [6.45, 7) is 4.90. The number of nitrogens with one attached hydrogen (secondary N) is 1. The summed E-state index contributed by atoms with van der Waals surface area (Å²) in [5, 5.41) is 2.76. The molecule has 1 atom stereocenters. The Morgan fingerprint density at radius 2 is 1.81 bits per heavy atom. The molecule has 7 nitrogen and oxygen atoms in total. The molecule has 0 bridgehead atoms.